The monoisotopic (exact) mass is 253 g/mol. The number of aromatic nitrogens is 3. The lowest BCUT2D eigenvalue weighted by Gasteiger charge is -2.04. The quantitative estimate of drug-likeness (QED) is 0.643. The van der Waals surface area contributed by atoms with Crippen LogP contribution in [0.4, 0.5) is 11.6 Å². The average Bonchev–Trinajstić information content (AvgIpc) is 2.89. The SMILES string of the molecule is Cn1cnc([N+](=O)[O-])c1NCCc1cscn1. The van der Waals surface area contributed by atoms with Gasteiger partial charge in [0.2, 0.25) is 12.1 Å². The summed E-state index contributed by atoms with van der Waals surface area (Å²) < 4.78 is 1.60. The minimum absolute atomic E-state index is 0.147. The van der Waals surface area contributed by atoms with Crippen LogP contribution in [0.25, 0.3) is 0 Å². The van der Waals surface area contributed by atoms with Gasteiger partial charge in [0.15, 0.2) is 0 Å². The molecule has 0 aliphatic carbocycles. The van der Waals surface area contributed by atoms with E-state index in [9.17, 15) is 10.1 Å². The molecule has 0 spiro atoms. The highest BCUT2D eigenvalue weighted by molar-refractivity contribution is 7.07. The minimum Gasteiger partial charge on any atom is -0.364 e. The smallest absolute Gasteiger partial charge is 0.364 e. The second-order valence-corrected chi connectivity index (χ2v) is 4.16. The predicted molar refractivity (Wildman–Crippen MR) is 64.2 cm³/mol. The van der Waals surface area contributed by atoms with Crippen molar-refractivity contribution in [1.82, 2.24) is 14.5 Å². The molecule has 0 aliphatic rings. The zero-order valence-electron chi connectivity index (χ0n) is 9.16. The maximum Gasteiger partial charge on any atom is 0.406 e. The van der Waals surface area contributed by atoms with Crippen LogP contribution in [0.2, 0.25) is 0 Å². The van der Waals surface area contributed by atoms with Crippen LogP contribution in [0.3, 0.4) is 0 Å². The fraction of sp³-hybridized carbons (Fsp3) is 0.333. The Morgan fingerprint density at radius 2 is 2.41 bits per heavy atom. The number of hydrogen-bond donors (Lipinski definition) is 1. The van der Waals surface area contributed by atoms with Gasteiger partial charge in [-0.3, -0.25) is 4.57 Å². The van der Waals surface area contributed by atoms with Crippen molar-refractivity contribution in [3.63, 3.8) is 0 Å². The van der Waals surface area contributed by atoms with Crippen LogP contribution in [-0.4, -0.2) is 26.0 Å². The molecule has 0 aromatic carbocycles. The predicted octanol–water partition coefficient (Wildman–Crippen LogP) is 1.44. The first-order valence-electron chi connectivity index (χ1n) is 4.95. The summed E-state index contributed by atoms with van der Waals surface area (Å²) in [5.41, 5.74) is 2.74. The van der Waals surface area contributed by atoms with Gasteiger partial charge in [-0.15, -0.1) is 11.3 Å². The summed E-state index contributed by atoms with van der Waals surface area (Å²) in [6.45, 7) is 0.587. The Labute approximate surface area is 101 Å². The Hall–Kier alpha value is -1.96. The van der Waals surface area contributed by atoms with Crippen molar-refractivity contribution in [1.29, 1.82) is 0 Å². The lowest BCUT2D eigenvalue weighted by molar-refractivity contribution is -0.388. The Bertz CT molecular complexity index is 507. The normalized spacial score (nSPS) is 10.4. The van der Waals surface area contributed by atoms with Crippen LogP contribution in [0.5, 0.6) is 0 Å². The van der Waals surface area contributed by atoms with Crippen molar-refractivity contribution in [2.75, 3.05) is 11.9 Å². The standard InChI is InChI=1S/C9H11N5O2S/c1-13-5-11-9(14(15)16)8(13)10-3-2-7-4-17-6-12-7/h4-6,10H,2-3H2,1H3. The molecular weight excluding hydrogens is 242 g/mol. The fourth-order valence-corrected chi connectivity index (χ4v) is 2.02. The number of imidazole rings is 1. The van der Waals surface area contributed by atoms with Gasteiger partial charge < -0.3 is 15.4 Å². The van der Waals surface area contributed by atoms with E-state index in [2.05, 4.69) is 15.3 Å². The van der Waals surface area contributed by atoms with Crippen molar-refractivity contribution in [2.45, 2.75) is 6.42 Å². The second kappa shape index (κ2) is 4.91. The van der Waals surface area contributed by atoms with Crippen LogP contribution in [-0.2, 0) is 13.5 Å². The molecule has 17 heavy (non-hydrogen) atoms. The maximum absolute atomic E-state index is 10.7. The fourth-order valence-electron chi connectivity index (χ4n) is 1.43. The third kappa shape index (κ3) is 2.59. The van der Waals surface area contributed by atoms with Crippen LogP contribution in [0.1, 0.15) is 5.69 Å². The molecular formula is C9H11N5O2S. The molecule has 0 saturated heterocycles. The van der Waals surface area contributed by atoms with Crippen molar-refractivity contribution >= 4 is 23.0 Å². The van der Waals surface area contributed by atoms with Crippen molar-refractivity contribution in [3.05, 3.63) is 33.0 Å². The highest BCUT2D eigenvalue weighted by Crippen LogP contribution is 2.20. The number of nitrogens with one attached hydrogen (secondary N) is 1. The molecule has 0 atom stereocenters. The molecule has 0 aliphatic heterocycles. The number of nitrogens with zero attached hydrogens (tertiary/aromatic N) is 4. The molecule has 0 saturated carbocycles. The lowest BCUT2D eigenvalue weighted by atomic mass is 10.3. The van der Waals surface area contributed by atoms with E-state index in [1.165, 1.54) is 17.7 Å². The van der Waals surface area contributed by atoms with E-state index in [1.54, 1.807) is 17.1 Å². The highest BCUT2D eigenvalue weighted by Gasteiger charge is 2.19. The molecule has 1 N–H and O–H groups in total. The topological polar surface area (TPSA) is 85.9 Å². The lowest BCUT2D eigenvalue weighted by Crippen LogP contribution is -2.09. The van der Waals surface area contributed by atoms with Crippen LogP contribution >= 0.6 is 11.3 Å². The second-order valence-electron chi connectivity index (χ2n) is 3.44. The molecule has 0 amide bonds. The van der Waals surface area contributed by atoms with Gasteiger partial charge in [0.05, 0.1) is 11.2 Å². The van der Waals surface area contributed by atoms with E-state index in [-0.39, 0.29) is 5.82 Å². The van der Waals surface area contributed by atoms with Gasteiger partial charge in [0, 0.05) is 25.4 Å². The summed E-state index contributed by atoms with van der Waals surface area (Å²) >= 11 is 1.53. The summed E-state index contributed by atoms with van der Waals surface area (Å²) in [7, 11) is 1.71. The number of anilines is 1. The van der Waals surface area contributed by atoms with E-state index in [1.807, 2.05) is 5.38 Å². The Morgan fingerprint density at radius 1 is 1.59 bits per heavy atom. The van der Waals surface area contributed by atoms with Gasteiger partial charge in [-0.1, -0.05) is 0 Å². The zero-order valence-corrected chi connectivity index (χ0v) is 9.98. The number of thiazole rings is 1. The molecule has 2 aromatic rings. The van der Waals surface area contributed by atoms with Gasteiger partial charge in [0.25, 0.3) is 0 Å². The van der Waals surface area contributed by atoms with E-state index < -0.39 is 4.92 Å². The summed E-state index contributed by atoms with van der Waals surface area (Å²) in [6, 6.07) is 0. The van der Waals surface area contributed by atoms with E-state index in [0.717, 1.165) is 12.1 Å². The Balaban J connectivity index is 1.99. The first kappa shape index (κ1) is 11.5. The van der Waals surface area contributed by atoms with Gasteiger partial charge in [-0.2, -0.15) is 0 Å². The molecule has 0 radical (unpaired) electrons. The average molecular weight is 253 g/mol. The third-order valence-electron chi connectivity index (χ3n) is 2.25. The summed E-state index contributed by atoms with van der Waals surface area (Å²) in [5.74, 6) is 0.274. The first-order chi connectivity index (χ1) is 8.18. The van der Waals surface area contributed by atoms with Crippen LogP contribution < -0.4 is 5.32 Å². The summed E-state index contributed by atoms with van der Waals surface area (Å²) in [6.07, 6.45) is 2.15. The molecule has 2 rings (SSSR count). The third-order valence-corrected chi connectivity index (χ3v) is 2.88. The van der Waals surface area contributed by atoms with Crippen molar-refractivity contribution in [3.8, 4) is 0 Å². The highest BCUT2D eigenvalue weighted by atomic mass is 32.1. The number of nitro groups is 1. The number of rotatable bonds is 5. The summed E-state index contributed by atoms with van der Waals surface area (Å²) in [4.78, 5) is 18.1. The van der Waals surface area contributed by atoms with Gasteiger partial charge in [-0.05, 0) is 9.91 Å². The van der Waals surface area contributed by atoms with Crippen LogP contribution in [0, 0.1) is 10.1 Å². The molecule has 8 heteroatoms. The Morgan fingerprint density at radius 3 is 3.06 bits per heavy atom. The molecule has 90 valence electrons. The van der Waals surface area contributed by atoms with Crippen molar-refractivity contribution < 1.29 is 4.92 Å². The molecule has 7 nitrogen and oxygen atoms in total. The Kier molecular flexibility index (Phi) is 3.33. The van der Waals surface area contributed by atoms with Crippen molar-refractivity contribution in [2.24, 2.45) is 7.05 Å². The van der Waals surface area contributed by atoms with Gasteiger partial charge >= 0.3 is 5.82 Å². The zero-order chi connectivity index (χ0) is 12.3. The maximum atomic E-state index is 10.7. The van der Waals surface area contributed by atoms with Gasteiger partial charge in [0.1, 0.15) is 0 Å². The van der Waals surface area contributed by atoms with E-state index >= 15 is 0 Å². The first-order valence-corrected chi connectivity index (χ1v) is 5.89. The largest absolute Gasteiger partial charge is 0.406 e. The molecule has 2 aromatic heterocycles. The van der Waals surface area contributed by atoms with Crippen LogP contribution in [0.15, 0.2) is 17.2 Å². The molecule has 0 fully saturated rings. The number of hydrogen-bond acceptors (Lipinski definition) is 6. The molecule has 2 heterocycles. The number of aryl methyl sites for hydroxylation is 1. The van der Waals surface area contributed by atoms with E-state index in [4.69, 9.17) is 0 Å². The van der Waals surface area contributed by atoms with E-state index in [0.29, 0.717) is 12.4 Å². The minimum atomic E-state index is -0.495. The molecule has 0 bridgehead atoms. The van der Waals surface area contributed by atoms with Gasteiger partial charge in [-0.25, -0.2) is 4.98 Å². The molecule has 0 unspecified atom stereocenters. The summed E-state index contributed by atoms with van der Waals surface area (Å²) in [5, 5.41) is 15.7.